The lowest BCUT2D eigenvalue weighted by molar-refractivity contribution is -0.131. The number of fused-ring (bicyclic) bond motifs is 1. The van der Waals surface area contributed by atoms with Gasteiger partial charge in [-0.15, -0.1) is 0 Å². The number of amides is 2. The number of rotatable bonds is 6. The summed E-state index contributed by atoms with van der Waals surface area (Å²) in [5.41, 5.74) is 0.163. The first-order valence-corrected chi connectivity index (χ1v) is 12.6. The fourth-order valence-corrected chi connectivity index (χ4v) is 5.57. The number of aromatic nitrogens is 1. The minimum Gasteiger partial charge on any atom is -0.450 e. The van der Waals surface area contributed by atoms with E-state index in [0.717, 1.165) is 16.4 Å². The first kappa shape index (κ1) is 24.4. The molecular formula is C24H25FN4O5S. The monoisotopic (exact) mass is 500 g/mol. The molecule has 35 heavy (non-hydrogen) atoms. The molecule has 0 saturated carbocycles. The Bertz CT molecular complexity index is 1320. The third-order valence-electron chi connectivity index (χ3n) is 5.76. The largest absolute Gasteiger partial charge is 0.450 e. The maximum Gasteiger partial charge on any atom is 0.409 e. The molecule has 0 bridgehead atoms. The predicted molar refractivity (Wildman–Crippen MR) is 128 cm³/mol. The summed E-state index contributed by atoms with van der Waals surface area (Å²) in [5, 5.41) is 1.10. The summed E-state index contributed by atoms with van der Waals surface area (Å²) in [6, 6.07) is 11.4. The van der Waals surface area contributed by atoms with E-state index in [9.17, 15) is 22.4 Å². The van der Waals surface area contributed by atoms with Crippen molar-refractivity contribution in [2.45, 2.75) is 11.8 Å². The molecule has 1 saturated heterocycles. The number of carbonyl (C=O) groups excluding carboxylic acids is 2. The molecule has 11 heteroatoms. The van der Waals surface area contributed by atoms with Crippen molar-refractivity contribution in [2.75, 3.05) is 43.6 Å². The maximum atomic E-state index is 13.8. The van der Waals surface area contributed by atoms with E-state index in [1.807, 2.05) is 0 Å². The summed E-state index contributed by atoms with van der Waals surface area (Å²) in [5.74, 6) is -0.952. The molecule has 0 radical (unpaired) electrons. The fourth-order valence-electron chi connectivity index (χ4n) is 3.93. The number of sulfonamides is 1. The lowest BCUT2D eigenvalue weighted by atomic mass is 10.2. The third kappa shape index (κ3) is 5.19. The Balaban J connectivity index is 1.63. The van der Waals surface area contributed by atoms with Crippen LogP contribution in [-0.2, 0) is 19.6 Å². The van der Waals surface area contributed by atoms with E-state index >= 15 is 0 Å². The Morgan fingerprint density at radius 1 is 1.03 bits per heavy atom. The van der Waals surface area contributed by atoms with Crippen molar-refractivity contribution in [1.29, 1.82) is 0 Å². The van der Waals surface area contributed by atoms with Crippen LogP contribution < -0.4 is 4.31 Å². The molecule has 1 aliphatic heterocycles. The summed E-state index contributed by atoms with van der Waals surface area (Å²) in [6.07, 6.45) is 2.61. The Kier molecular flexibility index (Phi) is 7.15. The highest BCUT2D eigenvalue weighted by Crippen LogP contribution is 2.29. The number of anilines is 1. The van der Waals surface area contributed by atoms with Crippen LogP contribution in [0, 0.1) is 5.82 Å². The maximum absolute atomic E-state index is 13.8. The number of nitrogens with zero attached hydrogens (tertiary/aromatic N) is 4. The first-order valence-electron chi connectivity index (χ1n) is 11.1. The van der Waals surface area contributed by atoms with E-state index in [1.165, 1.54) is 34.2 Å². The molecule has 184 valence electrons. The number of pyridine rings is 1. The molecule has 1 aromatic heterocycles. The van der Waals surface area contributed by atoms with Crippen molar-refractivity contribution in [3.8, 4) is 0 Å². The van der Waals surface area contributed by atoms with Gasteiger partial charge in [-0.05, 0) is 43.3 Å². The second-order valence-electron chi connectivity index (χ2n) is 7.91. The third-order valence-corrected chi connectivity index (χ3v) is 7.59. The SMILES string of the molecule is CCOC(=O)N1CCN(C(=O)CN(c2ccc(F)cc2)S(=O)(=O)c2cccc3cnccc23)CC1. The van der Waals surface area contributed by atoms with Gasteiger partial charge < -0.3 is 14.5 Å². The smallest absolute Gasteiger partial charge is 0.409 e. The molecule has 0 aliphatic carbocycles. The van der Waals surface area contributed by atoms with Crippen LogP contribution in [0.1, 0.15) is 6.92 Å². The summed E-state index contributed by atoms with van der Waals surface area (Å²) in [7, 11) is -4.21. The Morgan fingerprint density at radius 3 is 2.40 bits per heavy atom. The number of hydrogen-bond acceptors (Lipinski definition) is 6. The Hall–Kier alpha value is -3.73. The lowest BCUT2D eigenvalue weighted by Crippen LogP contribution is -2.53. The van der Waals surface area contributed by atoms with Crippen molar-refractivity contribution in [1.82, 2.24) is 14.8 Å². The van der Waals surface area contributed by atoms with Crippen LogP contribution in [0.3, 0.4) is 0 Å². The van der Waals surface area contributed by atoms with E-state index in [-0.39, 0.29) is 43.4 Å². The van der Waals surface area contributed by atoms with E-state index in [1.54, 1.807) is 31.3 Å². The highest BCUT2D eigenvalue weighted by Gasteiger charge is 2.32. The molecule has 1 fully saturated rings. The highest BCUT2D eigenvalue weighted by atomic mass is 32.2. The fraction of sp³-hybridized carbons (Fsp3) is 0.292. The van der Waals surface area contributed by atoms with Gasteiger partial charge in [0.15, 0.2) is 0 Å². The average Bonchev–Trinajstić information content (AvgIpc) is 2.87. The summed E-state index contributed by atoms with van der Waals surface area (Å²) >= 11 is 0. The number of carbonyl (C=O) groups is 2. The second-order valence-corrected chi connectivity index (χ2v) is 9.74. The number of ether oxygens (including phenoxy) is 1. The number of hydrogen-bond donors (Lipinski definition) is 0. The van der Waals surface area contributed by atoms with Gasteiger partial charge in [0, 0.05) is 49.3 Å². The van der Waals surface area contributed by atoms with Gasteiger partial charge in [-0.3, -0.25) is 14.1 Å². The topological polar surface area (TPSA) is 100 Å². The Morgan fingerprint density at radius 2 is 1.71 bits per heavy atom. The van der Waals surface area contributed by atoms with E-state index in [0.29, 0.717) is 10.8 Å². The van der Waals surface area contributed by atoms with Crippen LogP contribution in [0.4, 0.5) is 14.9 Å². The molecule has 2 heterocycles. The van der Waals surface area contributed by atoms with Crippen LogP contribution in [0.2, 0.25) is 0 Å². The molecule has 2 amide bonds. The standard InChI is InChI=1S/C24H25FN4O5S/c1-2-34-24(31)28-14-12-27(13-15-28)23(30)17-29(20-8-6-19(25)7-9-20)35(32,33)22-5-3-4-18-16-26-11-10-21(18)22/h3-11,16H,2,12-15,17H2,1H3. The average molecular weight is 501 g/mol. The number of halogens is 1. The van der Waals surface area contributed by atoms with E-state index < -0.39 is 34.4 Å². The molecule has 9 nitrogen and oxygen atoms in total. The Labute approximate surface area is 202 Å². The van der Waals surface area contributed by atoms with Gasteiger partial charge in [0.25, 0.3) is 10.0 Å². The van der Waals surface area contributed by atoms with Gasteiger partial charge in [-0.2, -0.15) is 0 Å². The van der Waals surface area contributed by atoms with Crippen LogP contribution in [0.15, 0.2) is 65.8 Å². The van der Waals surface area contributed by atoms with Gasteiger partial charge in [0.2, 0.25) is 5.91 Å². The van der Waals surface area contributed by atoms with Crippen LogP contribution in [-0.4, -0.2) is 74.5 Å². The van der Waals surface area contributed by atoms with Crippen molar-refractivity contribution in [3.05, 3.63) is 66.7 Å². The molecule has 4 rings (SSSR count). The number of piperazine rings is 1. The highest BCUT2D eigenvalue weighted by molar-refractivity contribution is 7.93. The van der Waals surface area contributed by atoms with Gasteiger partial charge in [0.05, 0.1) is 17.2 Å². The zero-order valence-corrected chi connectivity index (χ0v) is 19.9. The predicted octanol–water partition coefficient (Wildman–Crippen LogP) is 2.87. The van der Waals surface area contributed by atoms with Crippen LogP contribution >= 0.6 is 0 Å². The molecule has 3 aromatic rings. The molecule has 0 spiro atoms. The molecule has 0 N–H and O–H groups in total. The summed E-state index contributed by atoms with van der Waals surface area (Å²) in [6.45, 7) is 2.55. The first-order chi connectivity index (χ1) is 16.8. The molecule has 0 atom stereocenters. The molecule has 1 aliphatic rings. The van der Waals surface area contributed by atoms with E-state index in [2.05, 4.69) is 4.98 Å². The quantitative estimate of drug-likeness (QED) is 0.516. The molecule has 2 aromatic carbocycles. The number of benzene rings is 2. The lowest BCUT2D eigenvalue weighted by Gasteiger charge is -2.35. The van der Waals surface area contributed by atoms with Crippen molar-refractivity contribution in [3.63, 3.8) is 0 Å². The van der Waals surface area contributed by atoms with E-state index in [4.69, 9.17) is 4.74 Å². The van der Waals surface area contributed by atoms with Crippen LogP contribution in [0.5, 0.6) is 0 Å². The van der Waals surface area contributed by atoms with Crippen molar-refractivity contribution < 1.29 is 27.1 Å². The van der Waals surface area contributed by atoms with Gasteiger partial charge in [-0.1, -0.05) is 12.1 Å². The zero-order valence-electron chi connectivity index (χ0n) is 19.1. The zero-order chi connectivity index (χ0) is 25.0. The van der Waals surface area contributed by atoms with Gasteiger partial charge >= 0.3 is 6.09 Å². The minimum absolute atomic E-state index is 0.0154. The summed E-state index contributed by atoms with van der Waals surface area (Å²) in [4.78, 5) is 32.2. The van der Waals surface area contributed by atoms with Crippen LogP contribution in [0.25, 0.3) is 10.8 Å². The second kappa shape index (κ2) is 10.3. The van der Waals surface area contributed by atoms with Gasteiger partial charge in [0.1, 0.15) is 12.4 Å². The van der Waals surface area contributed by atoms with Gasteiger partial charge in [-0.25, -0.2) is 17.6 Å². The molecular weight excluding hydrogens is 475 g/mol. The van der Waals surface area contributed by atoms with Crippen molar-refractivity contribution >= 4 is 38.5 Å². The molecule has 0 unspecified atom stereocenters. The summed E-state index contributed by atoms with van der Waals surface area (Å²) < 4.78 is 47.3. The normalized spacial score (nSPS) is 14.1. The minimum atomic E-state index is -4.21. The van der Waals surface area contributed by atoms with Crippen molar-refractivity contribution in [2.24, 2.45) is 0 Å².